The van der Waals surface area contributed by atoms with Gasteiger partial charge in [0.1, 0.15) is 5.69 Å². The average Bonchev–Trinajstić information content (AvgIpc) is 2.27. The molecule has 0 aliphatic carbocycles. The van der Waals surface area contributed by atoms with Crippen LogP contribution in [0.15, 0.2) is 41.7 Å². The van der Waals surface area contributed by atoms with Crippen molar-refractivity contribution in [3.8, 4) is 0 Å². The summed E-state index contributed by atoms with van der Waals surface area (Å²) in [5.74, 6) is 0. The number of oxime groups is 1. The molecule has 0 fully saturated rings. The lowest BCUT2D eigenvalue weighted by atomic mass is 10.1. The number of rotatable bonds is 1. The molecule has 70 valence electrons. The summed E-state index contributed by atoms with van der Waals surface area (Å²) in [6, 6.07) is 9.51. The van der Waals surface area contributed by atoms with Gasteiger partial charge in [-0.25, -0.2) is 0 Å². The third kappa shape index (κ3) is 1.42. The van der Waals surface area contributed by atoms with Gasteiger partial charge in [-0.2, -0.15) is 0 Å². The van der Waals surface area contributed by atoms with Gasteiger partial charge in [-0.05, 0) is 11.5 Å². The lowest BCUT2D eigenvalue weighted by molar-refractivity contribution is 0.320. The Balaban J connectivity index is 2.77. The molecule has 14 heavy (non-hydrogen) atoms. The van der Waals surface area contributed by atoms with Gasteiger partial charge in [0.25, 0.3) is 0 Å². The summed E-state index contributed by atoms with van der Waals surface area (Å²) in [7, 11) is 0. The van der Waals surface area contributed by atoms with Gasteiger partial charge in [0.2, 0.25) is 0 Å². The van der Waals surface area contributed by atoms with Gasteiger partial charge in [0.05, 0.1) is 0 Å². The molecule has 0 aliphatic heterocycles. The fraction of sp³-hybridized carbons (Fsp3) is 0. The highest BCUT2D eigenvalue weighted by Gasteiger charge is 2.06. The molecule has 1 N–H and O–H groups in total. The molecule has 1 heterocycles. The first-order chi connectivity index (χ1) is 6.83. The monoisotopic (exact) mass is 206 g/mol. The Morgan fingerprint density at radius 2 is 2.07 bits per heavy atom. The van der Waals surface area contributed by atoms with E-state index < -0.39 is 0 Å². The van der Waals surface area contributed by atoms with E-state index in [1.165, 1.54) is 0 Å². The lowest BCUT2D eigenvalue weighted by Gasteiger charge is -2.01. The quantitative estimate of drug-likeness (QED) is 0.443. The topological polar surface area (TPSA) is 45.5 Å². The van der Waals surface area contributed by atoms with Crippen molar-refractivity contribution in [2.24, 2.45) is 5.16 Å². The number of aromatic nitrogens is 1. The summed E-state index contributed by atoms with van der Waals surface area (Å²) in [6.45, 7) is 0. The predicted octanol–water partition coefficient (Wildman–Crippen LogP) is 2.61. The van der Waals surface area contributed by atoms with Crippen molar-refractivity contribution in [1.29, 1.82) is 0 Å². The maximum atomic E-state index is 8.56. The van der Waals surface area contributed by atoms with Crippen LogP contribution in [0.3, 0.4) is 0 Å². The minimum Gasteiger partial charge on any atom is -0.410 e. The van der Waals surface area contributed by atoms with E-state index in [-0.39, 0.29) is 5.17 Å². The van der Waals surface area contributed by atoms with Crippen LogP contribution in [0.4, 0.5) is 0 Å². The van der Waals surface area contributed by atoms with Gasteiger partial charge in [-0.3, -0.25) is 4.98 Å². The van der Waals surface area contributed by atoms with Crippen LogP contribution in [-0.2, 0) is 0 Å². The summed E-state index contributed by atoms with van der Waals surface area (Å²) in [6.07, 6.45) is 1.63. The number of nitrogens with zero attached hydrogens (tertiary/aromatic N) is 2. The van der Waals surface area contributed by atoms with E-state index in [1.54, 1.807) is 6.20 Å². The van der Waals surface area contributed by atoms with Gasteiger partial charge >= 0.3 is 0 Å². The first-order valence-corrected chi connectivity index (χ1v) is 4.42. The fourth-order valence-electron chi connectivity index (χ4n) is 1.33. The van der Waals surface area contributed by atoms with Crippen LogP contribution >= 0.6 is 11.6 Å². The Morgan fingerprint density at radius 1 is 1.29 bits per heavy atom. The Bertz CT molecular complexity index is 491. The van der Waals surface area contributed by atoms with Crippen molar-refractivity contribution in [2.45, 2.75) is 0 Å². The number of fused-ring (bicyclic) bond motifs is 1. The van der Waals surface area contributed by atoms with Gasteiger partial charge in [0.15, 0.2) is 5.17 Å². The number of halogens is 1. The summed E-state index contributed by atoms with van der Waals surface area (Å²) < 4.78 is 0. The normalized spacial score (nSPS) is 11.9. The second-order valence-electron chi connectivity index (χ2n) is 2.77. The van der Waals surface area contributed by atoms with Crippen LogP contribution in [0, 0.1) is 0 Å². The van der Waals surface area contributed by atoms with Crippen LogP contribution in [0.1, 0.15) is 5.69 Å². The first kappa shape index (κ1) is 8.97. The molecule has 4 heteroatoms. The van der Waals surface area contributed by atoms with E-state index >= 15 is 0 Å². The SMILES string of the molecule is ON=C(Cl)c1nccc2ccccc12. The molecule has 2 rings (SSSR count). The molecule has 0 bridgehead atoms. The minimum absolute atomic E-state index is 0.00167. The molecule has 3 nitrogen and oxygen atoms in total. The zero-order valence-electron chi connectivity index (χ0n) is 7.18. The molecule has 0 atom stereocenters. The Hall–Kier alpha value is -1.61. The van der Waals surface area contributed by atoms with Crippen molar-refractivity contribution in [3.63, 3.8) is 0 Å². The minimum atomic E-state index is 0.00167. The fourth-order valence-corrected chi connectivity index (χ4v) is 1.48. The van der Waals surface area contributed by atoms with Crippen molar-refractivity contribution >= 4 is 27.5 Å². The average molecular weight is 207 g/mol. The van der Waals surface area contributed by atoms with Crippen LogP contribution in [0.25, 0.3) is 10.8 Å². The third-order valence-corrected chi connectivity index (χ3v) is 2.21. The van der Waals surface area contributed by atoms with E-state index in [1.807, 2.05) is 30.3 Å². The van der Waals surface area contributed by atoms with Gasteiger partial charge in [-0.15, -0.1) is 0 Å². The molecule has 0 radical (unpaired) electrons. The van der Waals surface area contributed by atoms with Crippen molar-refractivity contribution in [2.75, 3.05) is 0 Å². The van der Waals surface area contributed by atoms with Crippen LogP contribution in [0.2, 0.25) is 0 Å². The van der Waals surface area contributed by atoms with Gasteiger partial charge in [-0.1, -0.05) is 41.0 Å². The first-order valence-electron chi connectivity index (χ1n) is 4.04. The maximum Gasteiger partial charge on any atom is 0.194 e. The van der Waals surface area contributed by atoms with Crippen molar-refractivity contribution in [3.05, 3.63) is 42.2 Å². The number of benzene rings is 1. The molecule has 0 amide bonds. The van der Waals surface area contributed by atoms with E-state index in [2.05, 4.69) is 10.1 Å². The van der Waals surface area contributed by atoms with E-state index in [4.69, 9.17) is 16.8 Å². The molecular formula is C10H7ClN2O. The summed E-state index contributed by atoms with van der Waals surface area (Å²) in [5.41, 5.74) is 0.493. The second kappa shape index (κ2) is 3.64. The Kier molecular flexibility index (Phi) is 2.33. The smallest absolute Gasteiger partial charge is 0.194 e. The molecule has 0 spiro atoms. The van der Waals surface area contributed by atoms with Crippen LogP contribution in [-0.4, -0.2) is 15.4 Å². The Labute approximate surface area is 85.6 Å². The molecule has 0 unspecified atom stereocenters. The molecule has 1 aromatic carbocycles. The Morgan fingerprint density at radius 3 is 2.86 bits per heavy atom. The van der Waals surface area contributed by atoms with Crippen molar-refractivity contribution < 1.29 is 5.21 Å². The highest BCUT2D eigenvalue weighted by atomic mass is 35.5. The highest BCUT2D eigenvalue weighted by Crippen LogP contribution is 2.17. The van der Waals surface area contributed by atoms with Crippen LogP contribution < -0.4 is 0 Å². The zero-order valence-corrected chi connectivity index (χ0v) is 7.94. The largest absolute Gasteiger partial charge is 0.410 e. The second-order valence-corrected chi connectivity index (χ2v) is 3.13. The maximum absolute atomic E-state index is 8.56. The number of pyridine rings is 1. The zero-order chi connectivity index (χ0) is 9.97. The van der Waals surface area contributed by atoms with E-state index in [0.29, 0.717) is 5.69 Å². The summed E-state index contributed by atoms with van der Waals surface area (Å²) in [4.78, 5) is 4.05. The third-order valence-electron chi connectivity index (χ3n) is 1.96. The lowest BCUT2D eigenvalue weighted by Crippen LogP contribution is -1.96. The molecular weight excluding hydrogens is 200 g/mol. The molecule has 0 saturated heterocycles. The molecule has 2 aromatic rings. The number of hydrogen-bond donors (Lipinski definition) is 1. The predicted molar refractivity (Wildman–Crippen MR) is 55.9 cm³/mol. The summed E-state index contributed by atoms with van der Waals surface area (Å²) in [5, 5.41) is 13.4. The van der Waals surface area contributed by atoms with E-state index in [0.717, 1.165) is 10.8 Å². The summed E-state index contributed by atoms with van der Waals surface area (Å²) >= 11 is 5.71. The van der Waals surface area contributed by atoms with E-state index in [9.17, 15) is 0 Å². The van der Waals surface area contributed by atoms with Crippen LogP contribution in [0.5, 0.6) is 0 Å². The highest BCUT2D eigenvalue weighted by molar-refractivity contribution is 6.70. The molecule has 1 aromatic heterocycles. The molecule has 0 aliphatic rings. The van der Waals surface area contributed by atoms with Crippen molar-refractivity contribution in [1.82, 2.24) is 4.98 Å². The number of hydrogen-bond acceptors (Lipinski definition) is 3. The van der Waals surface area contributed by atoms with Gasteiger partial charge < -0.3 is 5.21 Å². The molecule has 0 saturated carbocycles. The van der Waals surface area contributed by atoms with Gasteiger partial charge in [0, 0.05) is 11.6 Å². The standard InChI is InChI=1S/C10H7ClN2O/c11-10(13-14)9-8-4-2-1-3-7(8)5-6-12-9/h1-6,14H.